The molecule has 0 radical (unpaired) electrons. The number of aliphatic hydroxyl groups is 1. The summed E-state index contributed by atoms with van der Waals surface area (Å²) in [6.07, 6.45) is 8.67. The maximum absolute atomic E-state index is 9.04. The highest BCUT2D eigenvalue weighted by molar-refractivity contribution is 6.50. The molecular formula is C23H33N7O2. The highest BCUT2D eigenvalue weighted by Gasteiger charge is 2.18. The number of nitrogens with zero attached hydrogens (tertiary/aromatic N) is 4. The summed E-state index contributed by atoms with van der Waals surface area (Å²) in [4.78, 5) is 7.06. The summed E-state index contributed by atoms with van der Waals surface area (Å²) >= 11 is 0. The number of unbranched alkanes of at least 4 members (excludes halogenated alkanes) is 2. The van der Waals surface area contributed by atoms with Gasteiger partial charge in [-0.2, -0.15) is 0 Å². The van der Waals surface area contributed by atoms with E-state index < -0.39 is 0 Å². The molecule has 0 bridgehead atoms. The molecule has 0 saturated heterocycles. The summed E-state index contributed by atoms with van der Waals surface area (Å²) in [5.74, 6) is 1.06. The molecule has 0 aliphatic heterocycles. The van der Waals surface area contributed by atoms with Crippen LogP contribution in [0.3, 0.4) is 0 Å². The maximum atomic E-state index is 9.04. The van der Waals surface area contributed by atoms with Crippen molar-refractivity contribution in [3.8, 4) is 0 Å². The normalized spacial score (nSPS) is 15.4. The zero-order chi connectivity index (χ0) is 22.9. The first-order chi connectivity index (χ1) is 15.5. The lowest BCUT2D eigenvalue weighted by Crippen LogP contribution is -2.26. The van der Waals surface area contributed by atoms with Gasteiger partial charge in [-0.3, -0.25) is 5.41 Å². The second-order valence-electron chi connectivity index (χ2n) is 7.76. The molecular weight excluding hydrogens is 406 g/mol. The standard InChI is InChI=1S/C23H33N7O2/c1-3-4-6-10-29(2)12-9-26-23-22(20-8-5-7-11-30(20)28-23)27-19-16-21(32-14-13-31)18(25)15-17(19)24/h5,7-8,11,15-16,24,31H,3-4,6,9-10,12-14,25H2,1-2H3,(H,26,28). The van der Waals surface area contributed by atoms with Gasteiger partial charge in [0.15, 0.2) is 5.82 Å². The van der Waals surface area contributed by atoms with Crippen molar-refractivity contribution in [3.63, 3.8) is 0 Å². The van der Waals surface area contributed by atoms with Crippen LogP contribution in [0.4, 0.5) is 11.5 Å². The number of hydrogen-bond acceptors (Lipinski definition) is 8. The Balaban J connectivity index is 1.82. The molecule has 2 aromatic rings. The van der Waals surface area contributed by atoms with Crippen LogP contribution in [0.1, 0.15) is 26.2 Å². The van der Waals surface area contributed by atoms with Gasteiger partial charge in [0.2, 0.25) is 0 Å². The van der Waals surface area contributed by atoms with Crippen molar-refractivity contribution in [2.75, 3.05) is 45.2 Å². The number of rotatable bonds is 12. The molecule has 0 fully saturated rings. The van der Waals surface area contributed by atoms with Crippen LogP contribution in [-0.4, -0.2) is 70.9 Å². The number of aromatic nitrogens is 2. The van der Waals surface area contributed by atoms with Gasteiger partial charge in [-0.1, -0.05) is 25.8 Å². The Labute approximate surface area is 188 Å². The molecule has 9 nitrogen and oxygen atoms in total. The summed E-state index contributed by atoms with van der Waals surface area (Å²) in [6, 6.07) is 5.79. The minimum Gasteiger partial charge on any atom is -0.489 e. The average molecular weight is 440 g/mol. The van der Waals surface area contributed by atoms with E-state index in [4.69, 9.17) is 26.0 Å². The Kier molecular flexibility index (Phi) is 8.41. The van der Waals surface area contributed by atoms with Gasteiger partial charge in [-0.05, 0) is 38.2 Å². The number of likely N-dealkylation sites (N-methyl/N-ethyl adjacent to an activating group) is 1. The van der Waals surface area contributed by atoms with Gasteiger partial charge in [0.25, 0.3) is 0 Å². The van der Waals surface area contributed by atoms with Crippen LogP contribution in [0.2, 0.25) is 0 Å². The number of hydrogen-bond donors (Lipinski definition) is 4. The number of anilines is 1. The summed E-state index contributed by atoms with van der Waals surface area (Å²) in [5, 5.41) is 25.4. The molecule has 0 aromatic carbocycles. The molecule has 5 N–H and O–H groups in total. The van der Waals surface area contributed by atoms with Crippen LogP contribution in [0.25, 0.3) is 5.52 Å². The second kappa shape index (κ2) is 11.4. The van der Waals surface area contributed by atoms with E-state index in [1.54, 1.807) is 10.6 Å². The third-order valence-corrected chi connectivity index (χ3v) is 5.15. The Morgan fingerprint density at radius 3 is 2.91 bits per heavy atom. The lowest BCUT2D eigenvalue weighted by molar-refractivity contribution is 0.149. The minimum atomic E-state index is -0.121. The number of nitrogens with one attached hydrogen (secondary N) is 2. The van der Waals surface area contributed by atoms with Gasteiger partial charge in [-0.25, -0.2) is 9.51 Å². The van der Waals surface area contributed by atoms with Crippen molar-refractivity contribution in [2.45, 2.75) is 26.2 Å². The number of aliphatic imine (C=N–C) groups is 1. The van der Waals surface area contributed by atoms with Gasteiger partial charge in [-0.15, -0.1) is 5.10 Å². The molecule has 1 aliphatic rings. The third-order valence-electron chi connectivity index (χ3n) is 5.15. The van der Waals surface area contributed by atoms with Crippen molar-refractivity contribution in [1.82, 2.24) is 14.5 Å². The van der Waals surface area contributed by atoms with Gasteiger partial charge in [0.05, 0.1) is 29.2 Å². The second-order valence-corrected chi connectivity index (χ2v) is 7.76. The molecule has 0 unspecified atom stereocenters. The number of nitrogens with two attached hydrogens (primary N) is 1. The molecule has 9 heteroatoms. The van der Waals surface area contributed by atoms with Crippen LogP contribution < -0.4 is 11.1 Å². The van der Waals surface area contributed by atoms with E-state index in [2.05, 4.69) is 29.3 Å². The van der Waals surface area contributed by atoms with E-state index in [1.165, 1.54) is 25.3 Å². The topological polar surface area (TPSA) is 124 Å². The molecule has 0 saturated carbocycles. The van der Waals surface area contributed by atoms with E-state index in [0.29, 0.717) is 28.7 Å². The van der Waals surface area contributed by atoms with E-state index in [1.807, 2.05) is 24.4 Å². The molecule has 0 spiro atoms. The Bertz CT molecular complexity index is 1020. The lowest BCUT2D eigenvalue weighted by Gasteiger charge is -2.17. The summed E-state index contributed by atoms with van der Waals surface area (Å²) in [6.45, 7) is 4.90. The number of fused-ring (bicyclic) bond motifs is 1. The van der Waals surface area contributed by atoms with Crippen molar-refractivity contribution in [2.24, 2.45) is 10.7 Å². The zero-order valence-electron chi connectivity index (χ0n) is 18.8. The lowest BCUT2D eigenvalue weighted by atomic mass is 10.1. The molecule has 32 heavy (non-hydrogen) atoms. The minimum absolute atomic E-state index is 0.121. The summed E-state index contributed by atoms with van der Waals surface area (Å²) in [7, 11) is 2.13. The molecule has 1 aliphatic carbocycles. The molecule has 0 amide bonds. The molecule has 2 heterocycles. The first-order valence-corrected chi connectivity index (χ1v) is 11.0. The SMILES string of the molecule is CCCCCN(C)CCNc1nn2ccccc2c1N=C1C=C(OCCO)C(N)=CC1=N. The third kappa shape index (κ3) is 5.95. The highest BCUT2D eigenvalue weighted by atomic mass is 16.5. The van der Waals surface area contributed by atoms with Crippen LogP contribution in [0.15, 0.2) is 53.0 Å². The molecule has 2 aromatic heterocycles. The van der Waals surface area contributed by atoms with Gasteiger partial charge in [0, 0.05) is 25.4 Å². The number of ether oxygens (including phenoxy) is 1. The van der Waals surface area contributed by atoms with E-state index in [-0.39, 0.29) is 18.9 Å². The quantitative estimate of drug-likeness (QED) is 0.298. The van der Waals surface area contributed by atoms with Gasteiger partial charge in [0.1, 0.15) is 18.1 Å². The average Bonchev–Trinajstić information content (AvgIpc) is 3.12. The first-order valence-electron chi connectivity index (χ1n) is 11.0. The summed E-state index contributed by atoms with van der Waals surface area (Å²) < 4.78 is 7.26. The molecule has 3 rings (SSSR count). The number of aliphatic hydroxyl groups excluding tert-OH is 1. The van der Waals surface area contributed by atoms with E-state index in [9.17, 15) is 0 Å². The zero-order valence-corrected chi connectivity index (χ0v) is 18.8. The largest absolute Gasteiger partial charge is 0.489 e. The Hall–Kier alpha value is -3.17. The number of pyridine rings is 1. The molecule has 0 atom stereocenters. The van der Waals surface area contributed by atoms with Gasteiger partial charge < -0.3 is 25.8 Å². The predicted molar refractivity (Wildman–Crippen MR) is 129 cm³/mol. The Morgan fingerprint density at radius 2 is 2.12 bits per heavy atom. The van der Waals surface area contributed by atoms with Crippen LogP contribution in [0.5, 0.6) is 0 Å². The van der Waals surface area contributed by atoms with E-state index in [0.717, 1.165) is 25.2 Å². The summed E-state index contributed by atoms with van der Waals surface area (Å²) in [5.41, 5.74) is 8.40. The van der Waals surface area contributed by atoms with Crippen LogP contribution >= 0.6 is 0 Å². The van der Waals surface area contributed by atoms with Crippen LogP contribution in [-0.2, 0) is 4.74 Å². The fourth-order valence-corrected chi connectivity index (χ4v) is 3.40. The Morgan fingerprint density at radius 1 is 1.28 bits per heavy atom. The maximum Gasteiger partial charge on any atom is 0.175 e. The van der Waals surface area contributed by atoms with Gasteiger partial charge >= 0.3 is 0 Å². The fourth-order valence-electron chi connectivity index (χ4n) is 3.40. The fraction of sp³-hybridized carbons (Fsp3) is 0.435. The monoisotopic (exact) mass is 439 g/mol. The van der Waals surface area contributed by atoms with Crippen molar-refractivity contribution in [3.05, 3.63) is 48.0 Å². The van der Waals surface area contributed by atoms with Crippen molar-refractivity contribution >= 4 is 28.4 Å². The smallest absolute Gasteiger partial charge is 0.175 e. The van der Waals surface area contributed by atoms with Crippen molar-refractivity contribution in [1.29, 1.82) is 5.41 Å². The first kappa shape index (κ1) is 23.5. The highest BCUT2D eigenvalue weighted by Crippen LogP contribution is 2.30. The van der Waals surface area contributed by atoms with E-state index >= 15 is 0 Å². The van der Waals surface area contributed by atoms with Crippen molar-refractivity contribution < 1.29 is 9.84 Å². The number of allylic oxidation sites excluding steroid dienone is 2. The predicted octanol–water partition coefficient (Wildman–Crippen LogP) is 2.71. The van der Waals surface area contributed by atoms with Crippen LogP contribution in [0, 0.1) is 5.41 Å². The molecule has 172 valence electrons.